The third kappa shape index (κ3) is 7.60. The van der Waals surface area contributed by atoms with E-state index < -0.39 is 6.09 Å². The van der Waals surface area contributed by atoms with Crippen molar-refractivity contribution in [2.24, 2.45) is 4.36 Å². The molecule has 0 aliphatic rings. The molecule has 0 atom stereocenters. The molecule has 0 radical (unpaired) electrons. The lowest BCUT2D eigenvalue weighted by molar-refractivity contribution is 0.155. The molecule has 0 aromatic rings. The zero-order chi connectivity index (χ0) is 9.23. The smallest absolute Gasteiger partial charge is 0.445 e. The van der Waals surface area contributed by atoms with Crippen LogP contribution in [0.25, 0.3) is 0 Å². The second-order valence-electron chi connectivity index (χ2n) is 2.62. The van der Waals surface area contributed by atoms with Crippen molar-refractivity contribution in [1.29, 1.82) is 0 Å². The van der Waals surface area contributed by atoms with E-state index in [-0.39, 0.29) is 0 Å². The first-order chi connectivity index (χ1) is 5.81. The van der Waals surface area contributed by atoms with Gasteiger partial charge in [-0.3, -0.25) is 0 Å². The number of unbranched alkanes of at least 4 members (excludes halogenated alkanes) is 4. The molecule has 0 bridgehead atoms. The van der Waals surface area contributed by atoms with E-state index in [1.807, 2.05) is 0 Å². The Labute approximate surface area is 78.7 Å². The van der Waals surface area contributed by atoms with Crippen molar-refractivity contribution in [2.45, 2.75) is 39.0 Å². The summed E-state index contributed by atoms with van der Waals surface area (Å²) in [6.45, 7) is 2.61. The third-order valence-corrected chi connectivity index (χ3v) is 1.70. The second-order valence-corrected chi connectivity index (χ2v) is 2.80. The molecule has 0 rings (SSSR count). The molecule has 0 saturated carbocycles. The van der Waals surface area contributed by atoms with Crippen molar-refractivity contribution in [3.8, 4) is 0 Å². The Hall–Kier alpha value is -0.510. The fourth-order valence-corrected chi connectivity index (χ4v) is 0.944. The predicted molar refractivity (Wildman–Crippen MR) is 49.9 cm³/mol. The maximum absolute atomic E-state index is 10.4. The molecule has 0 saturated heterocycles. The summed E-state index contributed by atoms with van der Waals surface area (Å²) in [6.07, 6.45) is 5.06. The van der Waals surface area contributed by atoms with E-state index >= 15 is 0 Å². The minimum absolute atomic E-state index is 0.447. The maximum atomic E-state index is 10.4. The number of carbonyl (C=O) groups excluding carboxylic acids is 1. The van der Waals surface area contributed by atoms with Crippen LogP contribution in [0, 0.1) is 0 Å². The number of hydrogen-bond acceptors (Lipinski definition) is 3. The Bertz CT molecular complexity index is 139. The quantitative estimate of drug-likeness (QED) is 0.603. The first kappa shape index (κ1) is 11.5. The van der Waals surface area contributed by atoms with Gasteiger partial charge in [0.1, 0.15) is 0 Å². The van der Waals surface area contributed by atoms with Gasteiger partial charge in [0.05, 0.1) is 6.61 Å². The summed E-state index contributed by atoms with van der Waals surface area (Å²) in [5, 5.41) is 0. The number of hydrogen-bond donors (Lipinski definition) is 0. The molecular weight excluding hydrogens is 174 g/mol. The second kappa shape index (κ2) is 8.59. The van der Waals surface area contributed by atoms with Crippen LogP contribution in [0.3, 0.4) is 0 Å². The summed E-state index contributed by atoms with van der Waals surface area (Å²) < 4.78 is 7.61. The fourth-order valence-electron chi connectivity index (χ4n) is 0.891. The number of rotatable bonds is 6. The summed E-state index contributed by atoms with van der Waals surface area (Å²) in [5.41, 5.74) is 0. The number of carbonyl (C=O) groups is 1. The van der Waals surface area contributed by atoms with Gasteiger partial charge in [0.25, 0.3) is 0 Å². The van der Waals surface area contributed by atoms with Gasteiger partial charge >= 0.3 is 6.09 Å². The molecule has 4 heteroatoms. The highest BCUT2D eigenvalue weighted by atomic mass is 32.1. The Kier molecular flexibility index (Phi) is 8.22. The number of nitrogens with zero attached hydrogens (tertiary/aromatic N) is 1. The van der Waals surface area contributed by atoms with E-state index in [1.54, 1.807) is 0 Å². The Morgan fingerprint density at radius 1 is 1.33 bits per heavy atom. The lowest BCUT2D eigenvalue weighted by Gasteiger charge is -1.99. The van der Waals surface area contributed by atoms with Crippen LogP contribution in [-0.4, -0.2) is 12.7 Å². The molecule has 0 fully saturated rings. The average Bonchev–Trinajstić information content (AvgIpc) is 2.10. The molecule has 3 nitrogen and oxygen atoms in total. The van der Waals surface area contributed by atoms with Crippen LogP contribution < -0.4 is 0 Å². The monoisotopic (exact) mass is 189 g/mol. The SMILES string of the molecule is CCCCCCCOC(=O)N=S. The molecule has 0 heterocycles. The standard InChI is InChI=1S/C8H15NO2S/c1-2-3-4-5-6-7-11-8(10)9-12/h2-7H2,1H3. The molecule has 0 spiro atoms. The van der Waals surface area contributed by atoms with E-state index in [0.717, 1.165) is 12.8 Å². The van der Waals surface area contributed by atoms with Crippen LogP contribution in [0.4, 0.5) is 4.79 Å². The summed E-state index contributed by atoms with van der Waals surface area (Å²) in [6, 6.07) is 0. The van der Waals surface area contributed by atoms with Gasteiger partial charge in [0, 0.05) is 12.4 Å². The molecule has 0 aliphatic heterocycles. The zero-order valence-corrected chi connectivity index (χ0v) is 8.23. The van der Waals surface area contributed by atoms with Gasteiger partial charge in [-0.1, -0.05) is 32.6 Å². The van der Waals surface area contributed by atoms with Crippen LogP contribution in [0.2, 0.25) is 0 Å². The largest absolute Gasteiger partial charge is 0.447 e. The van der Waals surface area contributed by atoms with Crippen LogP contribution in [0.15, 0.2) is 4.36 Å². The van der Waals surface area contributed by atoms with Gasteiger partial charge in [0.15, 0.2) is 0 Å². The minimum atomic E-state index is -0.638. The van der Waals surface area contributed by atoms with Crippen molar-refractivity contribution >= 4 is 18.5 Å². The van der Waals surface area contributed by atoms with E-state index in [4.69, 9.17) is 0 Å². The summed E-state index contributed by atoms with van der Waals surface area (Å²) in [4.78, 5) is 10.4. The van der Waals surface area contributed by atoms with Gasteiger partial charge in [0.2, 0.25) is 0 Å². The highest BCUT2D eigenvalue weighted by Crippen LogP contribution is 2.02. The van der Waals surface area contributed by atoms with Gasteiger partial charge in [-0.05, 0) is 6.42 Å². The predicted octanol–water partition coefficient (Wildman–Crippen LogP) is 2.82. The summed E-state index contributed by atoms with van der Waals surface area (Å²) >= 11 is 4.14. The number of ether oxygens (including phenoxy) is 1. The summed E-state index contributed by atoms with van der Waals surface area (Å²) in [5.74, 6) is 0. The Morgan fingerprint density at radius 3 is 2.58 bits per heavy atom. The van der Waals surface area contributed by atoms with Crippen molar-refractivity contribution < 1.29 is 9.53 Å². The topological polar surface area (TPSA) is 38.7 Å². The first-order valence-electron chi connectivity index (χ1n) is 4.31. The minimum Gasteiger partial charge on any atom is -0.447 e. The molecule has 0 N–H and O–H groups in total. The van der Waals surface area contributed by atoms with E-state index in [1.165, 1.54) is 19.3 Å². The Morgan fingerprint density at radius 2 is 2.00 bits per heavy atom. The van der Waals surface area contributed by atoms with Gasteiger partial charge in [-0.25, -0.2) is 4.79 Å². The van der Waals surface area contributed by atoms with Crippen molar-refractivity contribution in [1.82, 2.24) is 0 Å². The Balaban J connectivity index is 3.00. The van der Waals surface area contributed by atoms with E-state index in [2.05, 4.69) is 28.4 Å². The van der Waals surface area contributed by atoms with Crippen LogP contribution in [-0.2, 0) is 17.2 Å². The highest BCUT2D eigenvalue weighted by Gasteiger charge is 1.96. The third-order valence-electron chi connectivity index (χ3n) is 1.55. The molecule has 70 valence electrons. The molecule has 0 aromatic carbocycles. The average molecular weight is 189 g/mol. The molecule has 12 heavy (non-hydrogen) atoms. The van der Waals surface area contributed by atoms with Crippen molar-refractivity contribution in [3.05, 3.63) is 0 Å². The maximum Gasteiger partial charge on any atom is 0.445 e. The molecule has 0 aromatic heterocycles. The van der Waals surface area contributed by atoms with E-state index in [9.17, 15) is 4.79 Å². The lowest BCUT2D eigenvalue weighted by atomic mass is 10.2. The number of amides is 1. The molecule has 1 amide bonds. The highest BCUT2D eigenvalue weighted by molar-refractivity contribution is 7.47. The van der Waals surface area contributed by atoms with Crippen LogP contribution >= 0.6 is 0 Å². The van der Waals surface area contributed by atoms with Gasteiger partial charge in [-0.2, -0.15) is 0 Å². The zero-order valence-electron chi connectivity index (χ0n) is 7.41. The molecule has 0 unspecified atom stereocenters. The van der Waals surface area contributed by atoms with Crippen molar-refractivity contribution in [3.63, 3.8) is 0 Å². The van der Waals surface area contributed by atoms with E-state index in [0.29, 0.717) is 6.61 Å². The fraction of sp³-hybridized carbons (Fsp3) is 0.875. The lowest BCUT2D eigenvalue weighted by Crippen LogP contribution is -1.99. The van der Waals surface area contributed by atoms with Gasteiger partial charge in [-0.15, -0.1) is 4.36 Å². The normalized spacial score (nSPS) is 9.42. The molecule has 0 aliphatic carbocycles. The van der Waals surface area contributed by atoms with Gasteiger partial charge < -0.3 is 4.74 Å². The molecular formula is C8H15NO2S. The van der Waals surface area contributed by atoms with Crippen LogP contribution in [0.5, 0.6) is 0 Å². The first-order valence-corrected chi connectivity index (χ1v) is 4.68. The summed E-state index contributed by atoms with van der Waals surface area (Å²) in [7, 11) is 0. The van der Waals surface area contributed by atoms with Crippen molar-refractivity contribution in [2.75, 3.05) is 6.61 Å². The van der Waals surface area contributed by atoms with Crippen LogP contribution in [0.1, 0.15) is 39.0 Å².